The van der Waals surface area contributed by atoms with Crippen LogP contribution >= 0.6 is 0 Å². The molecule has 2 N–H and O–H groups in total. The molecule has 4 heteroatoms. The number of carbonyl (C=O) groups is 1. The highest BCUT2D eigenvalue weighted by Gasteiger charge is 2.35. The predicted octanol–water partition coefficient (Wildman–Crippen LogP) is 2.43. The molecule has 1 aliphatic rings. The van der Waals surface area contributed by atoms with E-state index in [1.54, 1.807) is 13.1 Å². The average molecular weight is 247 g/mol. The van der Waals surface area contributed by atoms with Crippen LogP contribution in [0.15, 0.2) is 18.2 Å². The Morgan fingerprint density at radius 3 is 2.78 bits per heavy atom. The van der Waals surface area contributed by atoms with Crippen molar-refractivity contribution in [2.45, 2.75) is 32.6 Å². The van der Waals surface area contributed by atoms with Gasteiger partial charge in [0.15, 0.2) is 0 Å². The third kappa shape index (κ3) is 2.63. The zero-order chi connectivity index (χ0) is 13.0. The number of nitrogens with one attached hydrogen (secondary N) is 2. The van der Waals surface area contributed by atoms with E-state index < -0.39 is 0 Å². The molecule has 1 heterocycles. The van der Waals surface area contributed by atoms with Crippen molar-refractivity contribution in [2.24, 2.45) is 5.41 Å². The number of aromatic nitrogens is 1. The maximum Gasteiger partial charge on any atom is 0.269 e. The van der Waals surface area contributed by atoms with Gasteiger partial charge in [-0.1, -0.05) is 19.4 Å². The molecular weight excluding hydrogens is 226 g/mol. The van der Waals surface area contributed by atoms with Crippen LogP contribution in [0.1, 0.15) is 43.1 Å². The molecule has 0 bridgehead atoms. The highest BCUT2D eigenvalue weighted by Crippen LogP contribution is 2.43. The highest BCUT2D eigenvalue weighted by molar-refractivity contribution is 5.92. The van der Waals surface area contributed by atoms with Crippen LogP contribution in [0.2, 0.25) is 0 Å². The molecule has 1 saturated carbocycles. The van der Waals surface area contributed by atoms with E-state index in [4.69, 9.17) is 0 Å². The normalized spacial score (nSPS) is 16.8. The lowest BCUT2D eigenvalue weighted by Gasteiger charge is -2.41. The first-order valence-electron chi connectivity index (χ1n) is 6.62. The third-order valence-electron chi connectivity index (χ3n) is 4.03. The zero-order valence-corrected chi connectivity index (χ0v) is 11.1. The van der Waals surface area contributed by atoms with Gasteiger partial charge in [0.1, 0.15) is 11.5 Å². The highest BCUT2D eigenvalue weighted by atomic mass is 16.1. The quantitative estimate of drug-likeness (QED) is 0.840. The van der Waals surface area contributed by atoms with Crippen LogP contribution in [0.25, 0.3) is 0 Å². The Morgan fingerprint density at radius 2 is 2.22 bits per heavy atom. The van der Waals surface area contributed by atoms with Gasteiger partial charge in [-0.25, -0.2) is 4.98 Å². The molecule has 0 spiro atoms. The van der Waals surface area contributed by atoms with Gasteiger partial charge in [-0.3, -0.25) is 4.79 Å². The Kier molecular flexibility index (Phi) is 3.84. The molecule has 1 aromatic rings. The number of rotatable bonds is 5. The van der Waals surface area contributed by atoms with Gasteiger partial charge >= 0.3 is 0 Å². The van der Waals surface area contributed by atoms with Crippen molar-refractivity contribution in [3.63, 3.8) is 0 Å². The molecule has 0 radical (unpaired) electrons. The molecule has 1 aliphatic carbocycles. The van der Waals surface area contributed by atoms with E-state index >= 15 is 0 Å². The maximum absolute atomic E-state index is 12.0. The molecule has 1 aromatic heterocycles. The lowest BCUT2D eigenvalue weighted by Crippen LogP contribution is -2.41. The number of hydrogen-bond acceptors (Lipinski definition) is 3. The summed E-state index contributed by atoms with van der Waals surface area (Å²) in [6.07, 6.45) is 4.88. The van der Waals surface area contributed by atoms with Gasteiger partial charge in [0, 0.05) is 13.6 Å². The number of hydrogen-bond donors (Lipinski definition) is 2. The summed E-state index contributed by atoms with van der Waals surface area (Å²) in [6.45, 7) is 2.97. The van der Waals surface area contributed by atoms with E-state index in [0.29, 0.717) is 11.1 Å². The number of nitrogens with zero attached hydrogens (tertiary/aromatic N) is 1. The smallest absolute Gasteiger partial charge is 0.269 e. The second-order valence-electron chi connectivity index (χ2n) is 5.05. The summed E-state index contributed by atoms with van der Waals surface area (Å²) in [7, 11) is 1.80. The van der Waals surface area contributed by atoms with Crippen molar-refractivity contribution >= 4 is 11.7 Å². The molecule has 1 amide bonds. The number of anilines is 1. The molecular formula is C14H21N3O. The van der Waals surface area contributed by atoms with Crippen molar-refractivity contribution in [1.29, 1.82) is 0 Å². The van der Waals surface area contributed by atoms with Crippen LogP contribution in [0.3, 0.4) is 0 Å². The second kappa shape index (κ2) is 5.38. The van der Waals surface area contributed by atoms with E-state index in [1.807, 2.05) is 12.1 Å². The fourth-order valence-electron chi connectivity index (χ4n) is 2.39. The molecule has 0 atom stereocenters. The van der Waals surface area contributed by atoms with Gasteiger partial charge in [0.05, 0.1) is 0 Å². The monoisotopic (exact) mass is 247 g/mol. The summed E-state index contributed by atoms with van der Waals surface area (Å²) in [6, 6.07) is 5.43. The van der Waals surface area contributed by atoms with Crippen molar-refractivity contribution < 1.29 is 4.79 Å². The van der Waals surface area contributed by atoms with Gasteiger partial charge in [-0.2, -0.15) is 0 Å². The maximum atomic E-state index is 12.0. The Bertz CT molecular complexity index is 421. The van der Waals surface area contributed by atoms with Crippen LogP contribution < -0.4 is 10.6 Å². The molecule has 18 heavy (non-hydrogen) atoms. The minimum absolute atomic E-state index is 0.0770. The first-order chi connectivity index (χ1) is 8.69. The van der Waals surface area contributed by atoms with Gasteiger partial charge in [0.2, 0.25) is 0 Å². The van der Waals surface area contributed by atoms with Gasteiger partial charge < -0.3 is 10.6 Å². The van der Waals surface area contributed by atoms with Gasteiger partial charge in [-0.15, -0.1) is 0 Å². The first-order valence-corrected chi connectivity index (χ1v) is 6.62. The summed E-state index contributed by atoms with van der Waals surface area (Å²) >= 11 is 0. The second-order valence-corrected chi connectivity index (χ2v) is 5.05. The lowest BCUT2D eigenvalue weighted by atomic mass is 9.67. The van der Waals surface area contributed by atoms with Crippen molar-refractivity contribution in [3.8, 4) is 0 Å². The molecule has 2 rings (SSSR count). The summed E-state index contributed by atoms with van der Waals surface area (Å²) < 4.78 is 0. The van der Waals surface area contributed by atoms with E-state index in [2.05, 4.69) is 22.5 Å². The molecule has 0 aromatic carbocycles. The van der Waals surface area contributed by atoms with Crippen LogP contribution in [0.4, 0.5) is 5.82 Å². The summed E-state index contributed by atoms with van der Waals surface area (Å²) in [5.74, 6) is 0.642. The summed E-state index contributed by atoms with van der Waals surface area (Å²) in [5.41, 5.74) is 0.823. The first kappa shape index (κ1) is 12.9. The number of amides is 1. The minimum atomic E-state index is -0.0770. The minimum Gasteiger partial charge on any atom is -0.373 e. The molecule has 0 aliphatic heterocycles. The van der Waals surface area contributed by atoms with Crippen LogP contribution in [-0.4, -0.2) is 24.5 Å². The third-order valence-corrected chi connectivity index (χ3v) is 4.03. The fraction of sp³-hybridized carbons (Fsp3) is 0.571. The molecule has 0 unspecified atom stereocenters. The summed E-state index contributed by atoms with van der Waals surface area (Å²) in [5, 5.41) is 5.95. The van der Waals surface area contributed by atoms with Crippen molar-refractivity contribution in [3.05, 3.63) is 23.9 Å². The number of carbonyl (C=O) groups excluding carboxylic acids is 1. The van der Waals surface area contributed by atoms with E-state index in [-0.39, 0.29) is 5.91 Å². The Hall–Kier alpha value is -1.58. The molecule has 98 valence electrons. The fourth-order valence-corrected chi connectivity index (χ4v) is 2.39. The van der Waals surface area contributed by atoms with Crippen LogP contribution in [0.5, 0.6) is 0 Å². The van der Waals surface area contributed by atoms with Crippen LogP contribution in [-0.2, 0) is 0 Å². The zero-order valence-electron chi connectivity index (χ0n) is 11.1. The number of pyridine rings is 1. The summed E-state index contributed by atoms with van der Waals surface area (Å²) in [4.78, 5) is 16.3. The standard InChI is InChI=1S/C14H21N3O/c1-3-14(8-5-9-14)10-16-13(18)11-6-4-7-12(15-2)17-11/h4,6-7H,3,5,8-10H2,1-2H3,(H,15,17)(H,16,18). The van der Waals surface area contributed by atoms with Crippen molar-refractivity contribution in [1.82, 2.24) is 10.3 Å². The topological polar surface area (TPSA) is 54.0 Å². The van der Waals surface area contributed by atoms with E-state index in [0.717, 1.165) is 18.8 Å². The Labute approximate surface area is 108 Å². The van der Waals surface area contributed by atoms with E-state index in [9.17, 15) is 4.79 Å². The molecule has 1 fully saturated rings. The molecule has 0 saturated heterocycles. The van der Waals surface area contributed by atoms with E-state index in [1.165, 1.54) is 19.3 Å². The SMILES string of the molecule is CCC1(CNC(=O)c2cccc(NC)n2)CCC1. The average Bonchev–Trinajstić information content (AvgIpc) is 2.38. The van der Waals surface area contributed by atoms with Gasteiger partial charge in [-0.05, 0) is 36.8 Å². The Balaban J connectivity index is 1.95. The van der Waals surface area contributed by atoms with Gasteiger partial charge in [0.25, 0.3) is 5.91 Å². The van der Waals surface area contributed by atoms with Crippen LogP contribution in [0, 0.1) is 5.41 Å². The largest absolute Gasteiger partial charge is 0.373 e. The predicted molar refractivity (Wildman–Crippen MR) is 72.7 cm³/mol. The Morgan fingerprint density at radius 1 is 1.44 bits per heavy atom. The van der Waals surface area contributed by atoms with Crippen molar-refractivity contribution in [2.75, 3.05) is 18.9 Å². The lowest BCUT2D eigenvalue weighted by molar-refractivity contribution is 0.0845. The molecule has 4 nitrogen and oxygen atoms in total.